The molecular formula is C9H10ClNO4S2. The average molecular weight is 296 g/mol. The fraction of sp³-hybridized carbons (Fsp3) is 0.333. The van der Waals surface area contributed by atoms with E-state index in [-0.39, 0.29) is 9.79 Å². The summed E-state index contributed by atoms with van der Waals surface area (Å²) < 4.78 is 48.0. The molecule has 1 aliphatic heterocycles. The van der Waals surface area contributed by atoms with Gasteiger partial charge in [0, 0.05) is 23.8 Å². The van der Waals surface area contributed by atoms with Gasteiger partial charge in [0.1, 0.15) is 9.79 Å². The summed E-state index contributed by atoms with van der Waals surface area (Å²) in [6.45, 7) is 0.831. The topological polar surface area (TPSA) is 71.5 Å². The second-order valence-corrected chi connectivity index (χ2v) is 8.08. The molecule has 17 heavy (non-hydrogen) atoms. The Kier molecular flexibility index (Phi) is 3.19. The van der Waals surface area contributed by atoms with Gasteiger partial charge in [-0.2, -0.15) is 4.31 Å². The van der Waals surface area contributed by atoms with Gasteiger partial charge in [-0.1, -0.05) is 12.1 Å². The highest BCUT2D eigenvalue weighted by Gasteiger charge is 2.33. The highest BCUT2D eigenvalue weighted by Crippen LogP contribution is 2.28. The first-order valence-corrected chi connectivity index (χ1v) is 8.62. The van der Waals surface area contributed by atoms with Crippen LogP contribution in [0.3, 0.4) is 0 Å². The Morgan fingerprint density at radius 3 is 1.94 bits per heavy atom. The van der Waals surface area contributed by atoms with Gasteiger partial charge in [-0.15, -0.1) is 0 Å². The number of halogens is 1. The van der Waals surface area contributed by atoms with Crippen LogP contribution >= 0.6 is 10.7 Å². The maximum absolute atomic E-state index is 12.1. The van der Waals surface area contributed by atoms with Crippen LogP contribution in [0.2, 0.25) is 0 Å². The molecule has 5 nitrogen and oxygen atoms in total. The molecule has 0 N–H and O–H groups in total. The summed E-state index contributed by atoms with van der Waals surface area (Å²) in [4.78, 5) is -0.622. The molecule has 0 aromatic heterocycles. The van der Waals surface area contributed by atoms with Gasteiger partial charge in [0.05, 0.1) is 0 Å². The minimum Gasteiger partial charge on any atom is -0.207 e. The van der Waals surface area contributed by atoms with E-state index in [0.717, 1.165) is 6.42 Å². The van der Waals surface area contributed by atoms with Gasteiger partial charge in [0.25, 0.3) is 9.05 Å². The summed E-state index contributed by atoms with van der Waals surface area (Å²) in [5.41, 5.74) is 0. The Morgan fingerprint density at radius 2 is 1.53 bits per heavy atom. The van der Waals surface area contributed by atoms with Crippen LogP contribution in [0, 0.1) is 0 Å². The molecule has 0 bridgehead atoms. The highest BCUT2D eigenvalue weighted by atomic mass is 35.7. The molecular weight excluding hydrogens is 286 g/mol. The van der Waals surface area contributed by atoms with Gasteiger partial charge < -0.3 is 0 Å². The Balaban J connectivity index is 2.60. The fourth-order valence-electron chi connectivity index (χ4n) is 1.53. The fourth-order valence-corrected chi connectivity index (χ4v) is 4.86. The van der Waals surface area contributed by atoms with Crippen molar-refractivity contribution < 1.29 is 16.8 Å². The van der Waals surface area contributed by atoms with E-state index in [1.54, 1.807) is 0 Å². The van der Waals surface area contributed by atoms with Gasteiger partial charge >= 0.3 is 0 Å². The van der Waals surface area contributed by atoms with Crippen molar-refractivity contribution in [2.75, 3.05) is 13.1 Å². The van der Waals surface area contributed by atoms with Crippen molar-refractivity contribution in [3.05, 3.63) is 24.3 Å². The smallest absolute Gasteiger partial charge is 0.207 e. The van der Waals surface area contributed by atoms with E-state index in [1.165, 1.54) is 28.6 Å². The SMILES string of the molecule is O=S(=O)(Cl)c1ccccc1S(=O)(=O)N1CCC1. The van der Waals surface area contributed by atoms with E-state index in [0.29, 0.717) is 13.1 Å². The predicted octanol–water partition coefficient (Wildman–Crippen LogP) is 1.01. The molecule has 0 atom stereocenters. The average Bonchev–Trinajstić information content (AvgIpc) is 2.13. The first-order chi connectivity index (χ1) is 7.83. The summed E-state index contributed by atoms with van der Waals surface area (Å²) in [7, 11) is -2.59. The quantitative estimate of drug-likeness (QED) is 0.780. The van der Waals surface area contributed by atoms with Crippen molar-refractivity contribution in [3.63, 3.8) is 0 Å². The minimum absolute atomic E-state index is 0.255. The lowest BCUT2D eigenvalue weighted by Gasteiger charge is -2.30. The molecule has 1 heterocycles. The van der Waals surface area contributed by atoms with Crippen LogP contribution in [0.4, 0.5) is 0 Å². The summed E-state index contributed by atoms with van der Waals surface area (Å²) in [5.74, 6) is 0. The lowest BCUT2D eigenvalue weighted by Crippen LogP contribution is -2.42. The molecule has 1 saturated heterocycles. The molecule has 0 amide bonds. The van der Waals surface area contributed by atoms with Crippen molar-refractivity contribution >= 4 is 29.8 Å². The molecule has 0 aliphatic carbocycles. The van der Waals surface area contributed by atoms with Crippen LogP contribution in [-0.2, 0) is 19.1 Å². The van der Waals surface area contributed by atoms with Gasteiger partial charge in [-0.3, -0.25) is 0 Å². The van der Waals surface area contributed by atoms with Crippen LogP contribution < -0.4 is 0 Å². The molecule has 2 rings (SSSR count). The van der Waals surface area contributed by atoms with Crippen LogP contribution in [0.5, 0.6) is 0 Å². The van der Waals surface area contributed by atoms with E-state index in [9.17, 15) is 16.8 Å². The summed E-state index contributed by atoms with van der Waals surface area (Å²) in [6, 6.07) is 5.35. The Labute approximate surface area is 104 Å². The van der Waals surface area contributed by atoms with E-state index >= 15 is 0 Å². The minimum atomic E-state index is -4.07. The summed E-state index contributed by atoms with van der Waals surface area (Å²) >= 11 is 0. The zero-order chi connectivity index (χ0) is 12.7. The summed E-state index contributed by atoms with van der Waals surface area (Å²) in [5, 5.41) is 0. The number of rotatable bonds is 3. The lowest BCUT2D eigenvalue weighted by molar-refractivity contribution is 0.308. The Bertz CT molecular complexity index is 635. The van der Waals surface area contributed by atoms with E-state index in [1.807, 2.05) is 0 Å². The van der Waals surface area contributed by atoms with E-state index in [4.69, 9.17) is 10.7 Å². The van der Waals surface area contributed by atoms with Crippen LogP contribution in [0.1, 0.15) is 6.42 Å². The largest absolute Gasteiger partial charge is 0.262 e. The normalized spacial score (nSPS) is 17.7. The lowest BCUT2D eigenvalue weighted by atomic mass is 10.3. The van der Waals surface area contributed by atoms with Crippen LogP contribution in [0.25, 0.3) is 0 Å². The number of hydrogen-bond donors (Lipinski definition) is 0. The van der Waals surface area contributed by atoms with Crippen molar-refractivity contribution in [2.45, 2.75) is 16.2 Å². The first kappa shape index (κ1) is 12.8. The number of sulfonamides is 1. The van der Waals surface area contributed by atoms with Crippen molar-refractivity contribution in [1.29, 1.82) is 0 Å². The third-order valence-electron chi connectivity index (χ3n) is 2.54. The number of nitrogens with zero attached hydrogens (tertiary/aromatic N) is 1. The van der Waals surface area contributed by atoms with E-state index < -0.39 is 19.1 Å². The maximum atomic E-state index is 12.1. The van der Waals surface area contributed by atoms with Crippen molar-refractivity contribution in [3.8, 4) is 0 Å². The zero-order valence-electron chi connectivity index (χ0n) is 8.71. The van der Waals surface area contributed by atoms with Crippen molar-refractivity contribution in [1.82, 2.24) is 4.31 Å². The van der Waals surface area contributed by atoms with Gasteiger partial charge in [-0.25, -0.2) is 16.8 Å². The molecule has 94 valence electrons. The third kappa shape index (κ3) is 2.33. The number of hydrogen-bond acceptors (Lipinski definition) is 4. The second-order valence-electron chi connectivity index (χ2n) is 3.64. The van der Waals surface area contributed by atoms with Gasteiger partial charge in [0.15, 0.2) is 0 Å². The summed E-state index contributed by atoms with van der Waals surface area (Å²) in [6.07, 6.45) is 0.787. The number of benzene rings is 1. The maximum Gasteiger partial charge on any atom is 0.262 e. The second kappa shape index (κ2) is 4.24. The predicted molar refractivity (Wildman–Crippen MR) is 62.9 cm³/mol. The molecule has 0 radical (unpaired) electrons. The molecule has 1 aromatic rings. The molecule has 1 aliphatic rings. The first-order valence-electron chi connectivity index (χ1n) is 4.87. The van der Waals surface area contributed by atoms with Crippen molar-refractivity contribution in [2.24, 2.45) is 0 Å². The van der Waals surface area contributed by atoms with Gasteiger partial charge in [0.2, 0.25) is 10.0 Å². The molecule has 0 saturated carbocycles. The monoisotopic (exact) mass is 295 g/mol. The standard InChI is InChI=1S/C9H10ClNO4S2/c10-16(12,13)8-4-1-2-5-9(8)17(14,15)11-6-3-7-11/h1-2,4-5H,3,6-7H2. The third-order valence-corrected chi connectivity index (χ3v) is 6.01. The molecule has 8 heteroatoms. The molecule has 1 aromatic carbocycles. The van der Waals surface area contributed by atoms with Gasteiger partial charge in [-0.05, 0) is 18.6 Å². The zero-order valence-corrected chi connectivity index (χ0v) is 11.1. The highest BCUT2D eigenvalue weighted by molar-refractivity contribution is 8.14. The molecule has 0 unspecified atom stereocenters. The van der Waals surface area contributed by atoms with Crippen LogP contribution in [0.15, 0.2) is 34.1 Å². The molecule has 0 spiro atoms. The Hall–Kier alpha value is -0.630. The Morgan fingerprint density at radius 1 is 1.00 bits per heavy atom. The van der Waals surface area contributed by atoms with Crippen LogP contribution in [-0.4, -0.2) is 34.2 Å². The van der Waals surface area contributed by atoms with E-state index in [2.05, 4.69) is 0 Å². The molecule has 1 fully saturated rings.